The molecule has 2 N–H and O–H groups in total. The predicted octanol–water partition coefficient (Wildman–Crippen LogP) is 8.41. The Morgan fingerprint density at radius 2 is 1.66 bits per heavy atom. The summed E-state index contributed by atoms with van der Waals surface area (Å²) in [5.74, 6) is -0.119. The normalized spacial score (nSPS) is 17.1. The third-order valence-corrected chi connectivity index (χ3v) is 6.66. The van der Waals surface area contributed by atoms with Crippen LogP contribution in [0, 0.1) is 5.92 Å². The van der Waals surface area contributed by atoms with Gasteiger partial charge in [-0.15, -0.1) is 0 Å². The Hall–Kier alpha value is -3.08. The Morgan fingerprint density at radius 3 is 2.31 bits per heavy atom. The summed E-state index contributed by atoms with van der Waals surface area (Å²) < 4.78 is 5.58. The highest BCUT2D eigenvalue weighted by molar-refractivity contribution is 5.83. The summed E-state index contributed by atoms with van der Waals surface area (Å²) in [5.41, 5.74) is 4.10. The molecule has 1 aliphatic heterocycles. The van der Waals surface area contributed by atoms with E-state index >= 15 is 0 Å². The summed E-state index contributed by atoms with van der Waals surface area (Å²) in [6, 6.07) is 20.2. The molecule has 5 heteroatoms. The van der Waals surface area contributed by atoms with Crippen molar-refractivity contribution >= 4 is 18.1 Å². The number of hydrogen-bond acceptors (Lipinski definition) is 4. The summed E-state index contributed by atoms with van der Waals surface area (Å²) in [5, 5.41) is 13.3. The Bertz CT molecular complexity index is 956. The Balaban J connectivity index is 2.00. The molecule has 188 valence electrons. The molecule has 0 saturated heterocycles. The average Bonchev–Trinajstić information content (AvgIpc) is 2.87. The van der Waals surface area contributed by atoms with Crippen molar-refractivity contribution in [2.45, 2.75) is 83.8 Å². The van der Waals surface area contributed by atoms with Gasteiger partial charge in [-0.1, -0.05) is 101 Å². The van der Waals surface area contributed by atoms with Crippen LogP contribution in [0.25, 0.3) is 0 Å². The van der Waals surface area contributed by atoms with Gasteiger partial charge in [0.15, 0.2) is 0 Å². The minimum Gasteiger partial charge on any atom is -0.450 e. The van der Waals surface area contributed by atoms with Gasteiger partial charge in [-0.2, -0.15) is 0 Å². The summed E-state index contributed by atoms with van der Waals surface area (Å²) in [6.07, 6.45) is 9.66. The fraction of sp³-hybridized carbons (Fsp3) is 0.467. The number of rotatable bonds is 14. The molecule has 3 atom stereocenters. The highest BCUT2D eigenvalue weighted by Gasteiger charge is 2.33. The summed E-state index contributed by atoms with van der Waals surface area (Å²) >= 11 is 0. The molecule has 2 aromatic rings. The van der Waals surface area contributed by atoms with Crippen LogP contribution in [0.1, 0.15) is 83.3 Å². The highest BCUT2D eigenvalue weighted by atomic mass is 16.7. The first-order chi connectivity index (χ1) is 17.1. The highest BCUT2D eigenvalue weighted by Crippen LogP contribution is 2.39. The van der Waals surface area contributed by atoms with Gasteiger partial charge in [-0.3, -0.25) is 4.99 Å². The van der Waals surface area contributed by atoms with E-state index in [-0.39, 0.29) is 12.0 Å². The van der Waals surface area contributed by atoms with E-state index in [9.17, 15) is 9.90 Å². The van der Waals surface area contributed by atoms with Gasteiger partial charge in [0.1, 0.15) is 6.10 Å². The van der Waals surface area contributed by atoms with Gasteiger partial charge in [0.2, 0.25) is 0 Å². The van der Waals surface area contributed by atoms with Gasteiger partial charge in [-0.25, -0.2) is 4.79 Å². The van der Waals surface area contributed by atoms with E-state index in [1.54, 1.807) is 0 Å². The molecular weight excluding hydrogens is 436 g/mol. The molecule has 35 heavy (non-hydrogen) atoms. The first kappa shape index (κ1) is 26.5. The number of para-hydroxylation sites is 1. The second kappa shape index (κ2) is 14.3. The summed E-state index contributed by atoms with van der Waals surface area (Å²) in [7, 11) is 0. The van der Waals surface area contributed by atoms with E-state index in [1.807, 2.05) is 54.7 Å². The lowest BCUT2D eigenvalue weighted by molar-refractivity contribution is 0.0295. The molecule has 0 bridgehead atoms. The summed E-state index contributed by atoms with van der Waals surface area (Å²) in [4.78, 5) is 16.7. The number of ether oxygens (including phenoxy) is 1. The van der Waals surface area contributed by atoms with Crippen LogP contribution in [0.2, 0.25) is 0 Å². The zero-order valence-corrected chi connectivity index (χ0v) is 21.2. The molecule has 0 amide bonds. The number of benzene rings is 2. The molecule has 0 radical (unpaired) electrons. The average molecular weight is 477 g/mol. The molecule has 0 aromatic heterocycles. The van der Waals surface area contributed by atoms with Crippen molar-refractivity contribution in [2.24, 2.45) is 10.9 Å². The van der Waals surface area contributed by atoms with Crippen LogP contribution in [0.4, 0.5) is 10.5 Å². The van der Waals surface area contributed by atoms with Crippen LogP contribution in [0.15, 0.2) is 76.9 Å². The second-order valence-corrected chi connectivity index (χ2v) is 9.37. The van der Waals surface area contributed by atoms with Gasteiger partial charge in [0.05, 0.1) is 6.04 Å². The number of nitrogens with zero attached hydrogens (tertiary/aromatic N) is 1. The van der Waals surface area contributed by atoms with Crippen molar-refractivity contribution < 1.29 is 14.6 Å². The van der Waals surface area contributed by atoms with E-state index in [1.165, 1.54) is 19.3 Å². The number of anilines is 1. The number of hydrogen-bond donors (Lipinski definition) is 2. The summed E-state index contributed by atoms with van der Waals surface area (Å²) in [6.45, 7) is 4.40. The quantitative estimate of drug-likeness (QED) is 0.212. The van der Waals surface area contributed by atoms with Crippen molar-refractivity contribution in [2.75, 3.05) is 5.32 Å². The van der Waals surface area contributed by atoms with Gasteiger partial charge < -0.3 is 15.2 Å². The maximum Gasteiger partial charge on any atom is 0.506 e. The molecule has 1 aliphatic rings. The van der Waals surface area contributed by atoms with E-state index in [2.05, 4.69) is 31.3 Å². The SMILES string of the molecule is CCCCCC1CC(Nc2ccccc2)=C(C(CCCCC)C(OC(=O)O)c2ccccc2)C=N1. The molecule has 0 aliphatic carbocycles. The predicted molar refractivity (Wildman–Crippen MR) is 144 cm³/mol. The third-order valence-electron chi connectivity index (χ3n) is 6.66. The maximum atomic E-state index is 11.8. The van der Waals surface area contributed by atoms with Crippen molar-refractivity contribution in [3.8, 4) is 0 Å². The van der Waals surface area contributed by atoms with Crippen LogP contribution in [-0.2, 0) is 4.74 Å². The van der Waals surface area contributed by atoms with Crippen LogP contribution in [0.3, 0.4) is 0 Å². The molecule has 3 rings (SSSR count). The molecule has 2 aromatic carbocycles. The Kier molecular flexibility index (Phi) is 10.9. The number of unbranched alkanes of at least 4 members (excludes halogenated alkanes) is 4. The number of carboxylic acid groups (broad SMARTS) is 1. The molecule has 3 unspecified atom stereocenters. The van der Waals surface area contributed by atoms with Crippen molar-refractivity contribution in [1.29, 1.82) is 0 Å². The van der Waals surface area contributed by atoms with Crippen LogP contribution >= 0.6 is 0 Å². The van der Waals surface area contributed by atoms with Crippen LogP contribution < -0.4 is 5.32 Å². The number of carbonyl (C=O) groups is 1. The lowest BCUT2D eigenvalue weighted by Gasteiger charge is -2.32. The lowest BCUT2D eigenvalue weighted by Crippen LogP contribution is -2.27. The smallest absolute Gasteiger partial charge is 0.450 e. The molecule has 5 nitrogen and oxygen atoms in total. The molecule has 0 saturated carbocycles. The minimum absolute atomic E-state index is 0.119. The van der Waals surface area contributed by atoms with E-state index in [0.29, 0.717) is 0 Å². The maximum absolute atomic E-state index is 11.8. The van der Waals surface area contributed by atoms with Gasteiger partial charge in [0.25, 0.3) is 0 Å². The zero-order valence-electron chi connectivity index (χ0n) is 21.2. The van der Waals surface area contributed by atoms with Crippen molar-refractivity contribution in [1.82, 2.24) is 0 Å². The van der Waals surface area contributed by atoms with Crippen molar-refractivity contribution in [3.63, 3.8) is 0 Å². The minimum atomic E-state index is -1.25. The number of nitrogens with one attached hydrogen (secondary N) is 1. The van der Waals surface area contributed by atoms with Gasteiger partial charge in [0, 0.05) is 29.9 Å². The number of aliphatic imine (C=N–C) groups is 1. The standard InChI is InChI=1S/C30H40N2O3/c1-3-5-9-19-25-21-28(32-24-17-13-8-14-18-24)27(22-31-25)26(20-10-6-4-2)29(35-30(33)34)23-15-11-7-12-16-23/h7-8,11-18,22,25-26,29,32H,3-6,9-10,19-21H2,1-2H3,(H,33,34). The zero-order chi connectivity index (χ0) is 24.9. The van der Waals surface area contributed by atoms with Crippen LogP contribution in [0.5, 0.6) is 0 Å². The van der Waals surface area contributed by atoms with Crippen molar-refractivity contribution in [3.05, 3.63) is 77.5 Å². The first-order valence-electron chi connectivity index (χ1n) is 13.1. The molecule has 1 heterocycles. The molecular formula is C30H40N2O3. The van der Waals surface area contributed by atoms with Gasteiger partial charge >= 0.3 is 6.16 Å². The van der Waals surface area contributed by atoms with Crippen LogP contribution in [-0.4, -0.2) is 23.5 Å². The second-order valence-electron chi connectivity index (χ2n) is 9.37. The first-order valence-corrected chi connectivity index (χ1v) is 13.1. The molecule has 0 spiro atoms. The van der Waals surface area contributed by atoms with Gasteiger partial charge in [-0.05, 0) is 36.1 Å². The van der Waals surface area contributed by atoms with E-state index < -0.39 is 12.3 Å². The monoisotopic (exact) mass is 476 g/mol. The molecule has 0 fully saturated rings. The number of dihydropyridines is 1. The lowest BCUT2D eigenvalue weighted by atomic mass is 9.82. The van der Waals surface area contributed by atoms with E-state index in [4.69, 9.17) is 9.73 Å². The fourth-order valence-corrected chi connectivity index (χ4v) is 4.83. The third kappa shape index (κ3) is 8.27. The fourth-order valence-electron chi connectivity index (χ4n) is 4.83. The van der Waals surface area contributed by atoms with E-state index in [0.717, 1.165) is 61.0 Å². The Morgan fingerprint density at radius 1 is 1.00 bits per heavy atom. The topological polar surface area (TPSA) is 70.9 Å². The largest absolute Gasteiger partial charge is 0.506 e. The Labute approximate surface area is 210 Å².